The van der Waals surface area contributed by atoms with Crippen LogP contribution >= 0.6 is 0 Å². The van der Waals surface area contributed by atoms with E-state index in [1.54, 1.807) is 17.6 Å². The van der Waals surface area contributed by atoms with Crippen molar-refractivity contribution in [3.8, 4) is 0 Å². The number of nitro groups is 1. The first-order valence-electron chi connectivity index (χ1n) is 9.58. The zero-order valence-electron chi connectivity index (χ0n) is 17.1. The largest absolute Gasteiger partial charge is 0.354 e. The second kappa shape index (κ2) is 12.3. The van der Waals surface area contributed by atoms with Gasteiger partial charge in [-0.1, -0.05) is 37.5 Å². The van der Waals surface area contributed by atoms with Crippen molar-refractivity contribution < 1.29 is 14.6 Å². The lowest BCUT2D eigenvalue weighted by molar-refractivity contribution is -0.525. The van der Waals surface area contributed by atoms with E-state index in [4.69, 9.17) is 5.41 Å². The molecule has 10 heteroatoms. The van der Waals surface area contributed by atoms with E-state index in [2.05, 4.69) is 29.8 Å². The summed E-state index contributed by atoms with van der Waals surface area (Å²) in [7, 11) is 0. The molecule has 0 fully saturated rings. The number of nitrogens with one attached hydrogen (secondary N) is 5. The molecule has 0 radical (unpaired) electrons. The van der Waals surface area contributed by atoms with Gasteiger partial charge in [0.1, 0.15) is 6.04 Å². The Balaban J connectivity index is 2.66. The van der Waals surface area contributed by atoms with E-state index in [1.165, 1.54) is 0 Å². The third-order valence-corrected chi connectivity index (χ3v) is 4.21. The molecule has 0 aliphatic heterocycles. The van der Waals surface area contributed by atoms with Gasteiger partial charge in [0.25, 0.3) is 11.9 Å². The summed E-state index contributed by atoms with van der Waals surface area (Å²) in [5, 5.41) is 25.0. The topological polar surface area (TPSA) is 149 Å². The molecule has 1 rings (SSSR count). The predicted molar refractivity (Wildman–Crippen MR) is 110 cm³/mol. The number of guanidine groups is 1. The molecule has 10 nitrogen and oxygen atoms in total. The molecule has 0 aliphatic carbocycles. The maximum atomic E-state index is 12.6. The Labute approximate surface area is 170 Å². The monoisotopic (exact) mass is 406 g/mol. The highest BCUT2D eigenvalue weighted by Crippen LogP contribution is 2.08. The average Bonchev–Trinajstić information content (AvgIpc) is 2.63. The molecule has 0 bridgehead atoms. The van der Waals surface area contributed by atoms with Crippen LogP contribution in [0.3, 0.4) is 0 Å². The van der Waals surface area contributed by atoms with Crippen molar-refractivity contribution in [1.82, 2.24) is 21.4 Å². The molecule has 0 saturated heterocycles. The van der Waals surface area contributed by atoms with Gasteiger partial charge in [0.2, 0.25) is 5.91 Å². The van der Waals surface area contributed by atoms with E-state index in [0.717, 1.165) is 12.0 Å². The molecule has 1 atom stereocenters. The lowest BCUT2D eigenvalue weighted by Gasteiger charge is -2.19. The summed E-state index contributed by atoms with van der Waals surface area (Å²) in [4.78, 5) is 35.4. The first-order chi connectivity index (χ1) is 13.7. The Morgan fingerprint density at radius 1 is 1.14 bits per heavy atom. The minimum atomic E-state index is -0.831. The van der Waals surface area contributed by atoms with Crippen LogP contribution in [-0.2, 0) is 4.79 Å². The number of aryl methyl sites for hydroxylation is 1. The van der Waals surface area contributed by atoms with Crippen LogP contribution in [0, 0.1) is 28.4 Å². The van der Waals surface area contributed by atoms with Crippen molar-refractivity contribution in [1.29, 1.82) is 5.41 Å². The maximum Gasteiger partial charge on any atom is 0.252 e. The number of benzene rings is 1. The Kier molecular flexibility index (Phi) is 10.1. The normalized spacial score (nSPS) is 11.4. The van der Waals surface area contributed by atoms with Crippen molar-refractivity contribution in [3.63, 3.8) is 0 Å². The second-order valence-electron chi connectivity index (χ2n) is 7.13. The van der Waals surface area contributed by atoms with E-state index < -0.39 is 17.0 Å². The van der Waals surface area contributed by atoms with E-state index in [9.17, 15) is 19.7 Å². The number of amides is 2. The lowest BCUT2D eigenvalue weighted by Crippen LogP contribution is -2.47. The van der Waals surface area contributed by atoms with Crippen molar-refractivity contribution in [2.75, 3.05) is 13.1 Å². The molecule has 1 aromatic carbocycles. The van der Waals surface area contributed by atoms with Crippen LogP contribution in [0.25, 0.3) is 0 Å². The highest BCUT2D eigenvalue weighted by molar-refractivity contribution is 5.98. The van der Waals surface area contributed by atoms with Crippen LogP contribution in [-0.4, -0.2) is 41.9 Å². The number of hydrogen-bond acceptors (Lipinski definition) is 5. The van der Waals surface area contributed by atoms with Crippen molar-refractivity contribution >= 4 is 17.8 Å². The molecule has 160 valence electrons. The summed E-state index contributed by atoms with van der Waals surface area (Å²) < 4.78 is 0. The number of hydrazine groups is 1. The highest BCUT2D eigenvalue weighted by atomic mass is 16.7. The summed E-state index contributed by atoms with van der Waals surface area (Å²) in [6.45, 7) is 6.70. The third-order valence-electron chi connectivity index (χ3n) is 4.21. The summed E-state index contributed by atoms with van der Waals surface area (Å²) >= 11 is 0. The molecule has 0 aromatic heterocycles. The molecule has 0 heterocycles. The molecule has 1 aromatic rings. The average molecular weight is 406 g/mol. The molecule has 5 N–H and O–H groups in total. The number of hydrogen-bond donors (Lipinski definition) is 5. The fourth-order valence-corrected chi connectivity index (χ4v) is 2.59. The smallest absolute Gasteiger partial charge is 0.252 e. The number of carbonyl (C=O) groups excluding carboxylic acids is 2. The molecule has 0 spiro atoms. The van der Waals surface area contributed by atoms with Crippen LogP contribution in [0.2, 0.25) is 0 Å². The van der Waals surface area contributed by atoms with Crippen molar-refractivity contribution in [2.45, 2.75) is 46.1 Å². The Hall–Kier alpha value is -3.17. The zero-order chi connectivity index (χ0) is 21.8. The van der Waals surface area contributed by atoms with E-state index in [0.29, 0.717) is 30.9 Å². The summed E-state index contributed by atoms with van der Waals surface area (Å²) in [6, 6.07) is 6.38. The van der Waals surface area contributed by atoms with Gasteiger partial charge in [-0.05, 0) is 43.7 Å². The third kappa shape index (κ3) is 9.54. The quantitative estimate of drug-likeness (QED) is 0.123. The van der Waals surface area contributed by atoms with Crippen LogP contribution in [0.4, 0.5) is 0 Å². The Morgan fingerprint density at radius 2 is 1.83 bits per heavy atom. The highest BCUT2D eigenvalue weighted by Gasteiger charge is 2.21. The van der Waals surface area contributed by atoms with E-state index in [-0.39, 0.29) is 18.4 Å². The molecule has 29 heavy (non-hydrogen) atoms. The van der Waals surface area contributed by atoms with Crippen molar-refractivity contribution in [2.24, 2.45) is 5.92 Å². The molecular formula is C19H30N6O4. The summed E-state index contributed by atoms with van der Waals surface area (Å²) in [6.07, 6.45) is 1.58. The SMILES string of the molecule is Cc1ccccc1C(=O)N[C@@H](CCCNC(=N)N[N+](=O)[O-])C(=O)NCCC(C)C. The zero-order valence-corrected chi connectivity index (χ0v) is 17.1. The lowest BCUT2D eigenvalue weighted by atomic mass is 10.1. The number of rotatable bonds is 11. The van der Waals surface area contributed by atoms with Gasteiger partial charge in [-0.15, -0.1) is 0 Å². The van der Waals surface area contributed by atoms with Crippen LogP contribution in [0.1, 0.15) is 49.0 Å². The van der Waals surface area contributed by atoms with Gasteiger partial charge in [0.05, 0.1) is 0 Å². The van der Waals surface area contributed by atoms with Crippen molar-refractivity contribution in [3.05, 3.63) is 45.5 Å². The minimum absolute atomic E-state index is 0.246. The van der Waals surface area contributed by atoms with Crippen LogP contribution < -0.4 is 21.4 Å². The van der Waals surface area contributed by atoms with Gasteiger partial charge >= 0.3 is 0 Å². The van der Waals surface area contributed by atoms with Crippen LogP contribution in [0.15, 0.2) is 24.3 Å². The number of nitrogens with zero attached hydrogens (tertiary/aromatic N) is 1. The van der Waals surface area contributed by atoms with Gasteiger partial charge in [-0.25, -0.2) is 10.1 Å². The second-order valence-corrected chi connectivity index (χ2v) is 7.13. The predicted octanol–water partition coefficient (Wildman–Crippen LogP) is 1.34. The van der Waals surface area contributed by atoms with E-state index >= 15 is 0 Å². The Morgan fingerprint density at radius 3 is 2.45 bits per heavy atom. The van der Waals surface area contributed by atoms with Crippen LogP contribution in [0.5, 0.6) is 0 Å². The fourth-order valence-electron chi connectivity index (χ4n) is 2.59. The van der Waals surface area contributed by atoms with Gasteiger partial charge in [0.15, 0.2) is 5.03 Å². The molecule has 0 unspecified atom stereocenters. The van der Waals surface area contributed by atoms with Gasteiger partial charge in [0, 0.05) is 18.7 Å². The molecule has 0 saturated carbocycles. The van der Waals surface area contributed by atoms with Gasteiger partial charge < -0.3 is 16.0 Å². The molecule has 2 amide bonds. The molecular weight excluding hydrogens is 376 g/mol. The van der Waals surface area contributed by atoms with E-state index in [1.807, 2.05) is 19.1 Å². The summed E-state index contributed by atoms with van der Waals surface area (Å²) in [5.74, 6) is -0.592. The first-order valence-corrected chi connectivity index (χ1v) is 9.58. The standard InChI is InChI=1S/C19H30N6O4/c1-13(2)10-12-21-18(27)16(9-6-11-22-19(20)24-25(28)29)23-17(26)15-8-5-4-7-14(15)3/h4-5,7-8,13,16H,6,9-12H2,1-3H3,(H,21,27)(H,23,26)(H3,20,22,24)/t16-/m0/s1. The minimum Gasteiger partial charge on any atom is -0.354 e. The maximum absolute atomic E-state index is 12.6. The van der Waals surface area contributed by atoms with Gasteiger partial charge in [-0.3, -0.25) is 15.0 Å². The first kappa shape index (κ1) is 23.9. The fraction of sp³-hybridized carbons (Fsp3) is 0.526. The summed E-state index contributed by atoms with van der Waals surface area (Å²) in [5.41, 5.74) is 3.01. The molecule has 0 aliphatic rings. The number of carbonyl (C=O) groups is 2. The van der Waals surface area contributed by atoms with Gasteiger partial charge in [-0.2, -0.15) is 0 Å². The Bertz CT molecular complexity index is 722.